The fourth-order valence-corrected chi connectivity index (χ4v) is 5.83. The molecule has 5 nitrogen and oxygen atoms in total. The molecule has 0 N–H and O–H groups in total. The number of hydrogen-bond acceptors (Lipinski definition) is 5. The first-order valence-corrected chi connectivity index (χ1v) is 15.1. The minimum absolute atomic E-state index is 0. The smallest absolute Gasteiger partial charge is 0.120 e. The fourth-order valence-electron chi connectivity index (χ4n) is 5.83. The third-order valence-electron chi connectivity index (χ3n) is 8.20. The predicted octanol–water partition coefficient (Wildman–Crippen LogP) is 10.2. The Morgan fingerprint density at radius 1 is 0.638 bits per heavy atom. The van der Waals surface area contributed by atoms with Gasteiger partial charge in [-0.2, -0.15) is 0 Å². The predicted molar refractivity (Wildman–Crippen MR) is 183 cm³/mol. The Kier molecular flexibility index (Phi) is 8.45. The van der Waals surface area contributed by atoms with E-state index in [2.05, 4.69) is 70.4 Å². The number of fused-ring (bicyclic) bond motifs is 6. The third kappa shape index (κ3) is 5.97. The molecule has 0 saturated carbocycles. The van der Waals surface area contributed by atoms with E-state index >= 15 is 0 Å². The van der Waals surface area contributed by atoms with Gasteiger partial charge in [0.1, 0.15) is 11.2 Å². The van der Waals surface area contributed by atoms with Gasteiger partial charge in [0.05, 0.1) is 11.2 Å². The summed E-state index contributed by atoms with van der Waals surface area (Å²) >= 11 is 0. The van der Waals surface area contributed by atoms with Gasteiger partial charge in [0.2, 0.25) is 0 Å². The van der Waals surface area contributed by atoms with Crippen LogP contribution in [0.3, 0.4) is 0 Å². The molecule has 0 aliphatic rings. The van der Waals surface area contributed by atoms with E-state index in [1.165, 1.54) is 16.7 Å². The van der Waals surface area contributed by atoms with Gasteiger partial charge in [-0.3, -0.25) is 4.98 Å². The molecule has 0 spiro atoms. The summed E-state index contributed by atoms with van der Waals surface area (Å²) in [5, 5.41) is 4.45. The van der Waals surface area contributed by atoms with Gasteiger partial charge in [-0.25, -0.2) is 0 Å². The molecule has 47 heavy (non-hydrogen) atoms. The first-order chi connectivity index (χ1) is 22.7. The van der Waals surface area contributed by atoms with E-state index in [0.717, 1.165) is 72.8 Å². The van der Waals surface area contributed by atoms with Crippen molar-refractivity contribution in [1.29, 1.82) is 0 Å². The Morgan fingerprint density at radius 2 is 1.38 bits per heavy atom. The molecule has 0 aliphatic carbocycles. The van der Waals surface area contributed by atoms with E-state index in [1.807, 2.05) is 91.4 Å². The number of benzene rings is 4. The van der Waals surface area contributed by atoms with E-state index in [4.69, 9.17) is 8.83 Å². The number of aromatic nitrogens is 3. The molecule has 5 aromatic heterocycles. The van der Waals surface area contributed by atoms with Crippen molar-refractivity contribution in [3.63, 3.8) is 0 Å². The van der Waals surface area contributed by atoms with Crippen LogP contribution in [-0.2, 0) is 26.5 Å². The summed E-state index contributed by atoms with van der Waals surface area (Å²) < 4.78 is 11.9. The van der Waals surface area contributed by atoms with Gasteiger partial charge >= 0.3 is 0 Å². The van der Waals surface area contributed by atoms with E-state index in [-0.39, 0.29) is 20.1 Å². The first-order valence-electron chi connectivity index (χ1n) is 15.1. The van der Waals surface area contributed by atoms with E-state index < -0.39 is 0 Å². The average molecular weight is 786 g/mol. The maximum atomic E-state index is 5.97. The van der Waals surface area contributed by atoms with Crippen molar-refractivity contribution in [2.45, 2.75) is 13.3 Å². The standard InChI is InChI=1S/C24H17N2O.C17H10NO.Ir/c1-16-15-26-22(14-19(16)12-17-8-10-25-11-9-17)18-6-7-24-21(13-18)20-4-2-3-5-23(20)27-24;1-2-10-16-12(6-1)13-7-5-8-14(17(13)19-16)15-9-3-4-11-18-15;/h2-5,7-11,13-15H,12H2,1H3;1-7,9-11H;/q2*-1;. The van der Waals surface area contributed by atoms with Crippen molar-refractivity contribution < 1.29 is 28.9 Å². The summed E-state index contributed by atoms with van der Waals surface area (Å²) in [6, 6.07) is 42.8. The van der Waals surface area contributed by atoms with E-state index in [1.54, 1.807) is 6.20 Å². The van der Waals surface area contributed by atoms with Crippen LogP contribution < -0.4 is 0 Å². The van der Waals surface area contributed by atoms with Gasteiger partial charge in [-0.05, 0) is 71.8 Å². The Balaban J connectivity index is 0.000000155. The van der Waals surface area contributed by atoms with Crippen molar-refractivity contribution in [1.82, 2.24) is 15.0 Å². The monoisotopic (exact) mass is 786 g/mol. The third-order valence-corrected chi connectivity index (χ3v) is 8.20. The number of aryl methyl sites for hydroxylation is 1. The molecular formula is C41H27IrN3O2-2. The number of nitrogens with zero attached hydrogens (tertiary/aromatic N) is 3. The molecule has 0 bridgehead atoms. The van der Waals surface area contributed by atoms with Crippen LogP contribution in [0.4, 0.5) is 0 Å². The van der Waals surface area contributed by atoms with Crippen molar-refractivity contribution in [2.24, 2.45) is 0 Å². The average Bonchev–Trinajstić information content (AvgIpc) is 3.69. The number of hydrogen-bond donors (Lipinski definition) is 0. The molecule has 9 rings (SSSR count). The number of para-hydroxylation sites is 2. The van der Waals surface area contributed by atoms with Crippen LogP contribution in [0.15, 0.2) is 143 Å². The zero-order valence-corrected chi connectivity index (χ0v) is 27.8. The van der Waals surface area contributed by atoms with Crippen molar-refractivity contribution >= 4 is 43.9 Å². The van der Waals surface area contributed by atoms with E-state index in [0.29, 0.717) is 0 Å². The molecule has 1 radical (unpaired) electrons. The Morgan fingerprint density at radius 3 is 2.17 bits per heavy atom. The zero-order valence-electron chi connectivity index (χ0n) is 25.4. The second-order valence-corrected chi connectivity index (χ2v) is 11.2. The normalized spacial score (nSPS) is 11.0. The minimum Gasteiger partial charge on any atom is -0.501 e. The summed E-state index contributed by atoms with van der Waals surface area (Å²) in [5.41, 5.74) is 10.9. The largest absolute Gasteiger partial charge is 0.501 e. The van der Waals surface area contributed by atoms with Crippen LogP contribution in [0.2, 0.25) is 0 Å². The molecule has 0 amide bonds. The molecule has 0 fully saturated rings. The Bertz CT molecular complexity index is 2470. The molecule has 4 aromatic carbocycles. The Hall–Kier alpha value is -5.42. The maximum absolute atomic E-state index is 5.97. The number of rotatable bonds is 4. The van der Waals surface area contributed by atoms with Gasteiger partial charge in [0.25, 0.3) is 0 Å². The second-order valence-electron chi connectivity index (χ2n) is 11.2. The van der Waals surface area contributed by atoms with E-state index in [9.17, 15) is 0 Å². The van der Waals surface area contributed by atoms with Crippen LogP contribution in [0.1, 0.15) is 16.7 Å². The molecule has 9 aromatic rings. The van der Waals surface area contributed by atoms with Crippen molar-refractivity contribution in [3.05, 3.63) is 163 Å². The SMILES string of the molecule is Cc1cnc(-c2[c-]cc3oc4ccccc4c3c2)cc1Cc1ccncc1.[Ir].[c-]1ccc2c(oc3ccccc32)c1-c1ccccn1. The topological polar surface area (TPSA) is 65.0 Å². The van der Waals surface area contributed by atoms with Crippen molar-refractivity contribution in [2.75, 3.05) is 0 Å². The summed E-state index contributed by atoms with van der Waals surface area (Å²) in [4.78, 5) is 13.1. The molecular weight excluding hydrogens is 759 g/mol. The molecule has 6 heteroatoms. The second kappa shape index (κ2) is 13.1. The molecule has 0 aliphatic heterocycles. The summed E-state index contributed by atoms with van der Waals surface area (Å²) in [7, 11) is 0. The molecule has 0 saturated heterocycles. The first kappa shape index (κ1) is 30.2. The van der Waals surface area contributed by atoms with Gasteiger partial charge in [-0.15, -0.1) is 42.0 Å². The summed E-state index contributed by atoms with van der Waals surface area (Å²) in [6.07, 6.45) is 8.25. The molecule has 229 valence electrons. The summed E-state index contributed by atoms with van der Waals surface area (Å²) in [5.74, 6) is 0. The number of pyridine rings is 3. The maximum Gasteiger partial charge on any atom is 0.120 e. The van der Waals surface area contributed by atoms with Gasteiger partial charge in [0, 0.05) is 55.7 Å². The molecule has 0 atom stereocenters. The van der Waals surface area contributed by atoms with Crippen molar-refractivity contribution in [3.8, 4) is 22.5 Å². The summed E-state index contributed by atoms with van der Waals surface area (Å²) in [6.45, 7) is 2.10. The Labute approximate surface area is 285 Å². The zero-order chi connectivity index (χ0) is 30.9. The van der Waals surface area contributed by atoms with Crippen LogP contribution in [0.25, 0.3) is 66.4 Å². The van der Waals surface area contributed by atoms with Gasteiger partial charge < -0.3 is 18.8 Å². The molecule has 0 unspecified atom stereocenters. The van der Waals surface area contributed by atoms with Gasteiger partial charge in [-0.1, -0.05) is 70.9 Å². The van der Waals surface area contributed by atoms with Crippen LogP contribution >= 0.6 is 0 Å². The van der Waals surface area contributed by atoms with Crippen LogP contribution in [0, 0.1) is 19.1 Å². The van der Waals surface area contributed by atoms with Crippen LogP contribution in [-0.4, -0.2) is 15.0 Å². The quantitative estimate of drug-likeness (QED) is 0.166. The van der Waals surface area contributed by atoms with Gasteiger partial charge in [0.15, 0.2) is 0 Å². The fraction of sp³-hybridized carbons (Fsp3) is 0.0488. The minimum atomic E-state index is 0. The van der Waals surface area contributed by atoms with Crippen LogP contribution in [0.5, 0.6) is 0 Å². The number of furan rings is 2. The molecule has 5 heterocycles.